The molecule has 1 saturated heterocycles. The number of benzene rings is 3. The van der Waals surface area contributed by atoms with E-state index < -0.39 is 0 Å². The lowest BCUT2D eigenvalue weighted by Gasteiger charge is -2.40. The Morgan fingerprint density at radius 2 is 1.65 bits per heavy atom. The van der Waals surface area contributed by atoms with Gasteiger partial charge in [0.05, 0.1) is 6.04 Å². The molecule has 0 saturated carbocycles. The van der Waals surface area contributed by atoms with Crippen molar-refractivity contribution >= 4 is 11.8 Å². The van der Waals surface area contributed by atoms with E-state index in [1.807, 2.05) is 83.8 Å². The van der Waals surface area contributed by atoms with Crippen LogP contribution in [0.5, 0.6) is 0 Å². The minimum atomic E-state index is -0.106. The summed E-state index contributed by atoms with van der Waals surface area (Å²) in [6.07, 6.45) is 0. The van der Waals surface area contributed by atoms with Crippen LogP contribution >= 0.6 is 0 Å². The number of hydrogen-bond acceptors (Lipinski definition) is 3. The summed E-state index contributed by atoms with van der Waals surface area (Å²) in [7, 11) is 3.70. The maximum absolute atomic E-state index is 13.5. The first-order chi connectivity index (χ1) is 15.1. The van der Waals surface area contributed by atoms with Gasteiger partial charge in [0.2, 0.25) is 0 Å². The summed E-state index contributed by atoms with van der Waals surface area (Å²) in [6, 6.07) is 25.5. The summed E-state index contributed by atoms with van der Waals surface area (Å²) >= 11 is 0. The van der Waals surface area contributed by atoms with Crippen molar-refractivity contribution in [1.82, 2.24) is 15.1 Å². The van der Waals surface area contributed by atoms with Crippen molar-refractivity contribution < 1.29 is 9.59 Å². The fourth-order valence-corrected chi connectivity index (χ4v) is 4.16. The van der Waals surface area contributed by atoms with Crippen LogP contribution in [0.25, 0.3) is 11.1 Å². The lowest BCUT2D eigenvalue weighted by Crippen LogP contribution is -2.49. The van der Waals surface area contributed by atoms with Crippen molar-refractivity contribution in [2.75, 3.05) is 33.7 Å². The molecule has 158 valence electrons. The molecule has 0 aromatic heterocycles. The van der Waals surface area contributed by atoms with Crippen LogP contribution < -0.4 is 5.32 Å². The Morgan fingerprint density at radius 3 is 2.42 bits per heavy atom. The Kier molecular flexibility index (Phi) is 6.14. The van der Waals surface area contributed by atoms with Gasteiger partial charge in [0.15, 0.2) is 0 Å². The molecule has 1 atom stereocenters. The second-order valence-electron chi connectivity index (χ2n) is 7.86. The van der Waals surface area contributed by atoms with E-state index in [0.717, 1.165) is 28.8 Å². The van der Waals surface area contributed by atoms with Gasteiger partial charge < -0.3 is 10.2 Å². The van der Waals surface area contributed by atoms with Crippen LogP contribution in [0.1, 0.15) is 32.3 Å². The molecule has 4 rings (SSSR count). The highest BCUT2D eigenvalue weighted by molar-refractivity contribution is 6.01. The van der Waals surface area contributed by atoms with Crippen molar-refractivity contribution in [2.45, 2.75) is 6.04 Å². The van der Waals surface area contributed by atoms with Crippen LogP contribution in [0.2, 0.25) is 0 Å². The zero-order chi connectivity index (χ0) is 21.8. The SMILES string of the molecule is CNC(=O)c1cccc([C@H]2CN(C(=O)c3ccccc3-c3ccccc3)CCN2C)c1. The average Bonchev–Trinajstić information content (AvgIpc) is 2.84. The van der Waals surface area contributed by atoms with Gasteiger partial charge in [-0.1, -0.05) is 60.7 Å². The molecule has 31 heavy (non-hydrogen) atoms. The highest BCUT2D eigenvalue weighted by Crippen LogP contribution is 2.29. The summed E-state index contributed by atoms with van der Waals surface area (Å²) in [5.74, 6) is -0.0648. The standard InChI is InChI=1S/C26H27N3O2/c1-27-25(30)21-12-8-11-20(17-21)24-18-29(16-15-28(24)2)26(31)23-14-7-6-13-22(23)19-9-4-3-5-10-19/h3-14,17,24H,15-16,18H2,1-2H3,(H,27,30)/t24-/m1/s1. The Bertz CT molecular complexity index is 1080. The van der Waals surface area contributed by atoms with Gasteiger partial charge >= 0.3 is 0 Å². The first-order valence-corrected chi connectivity index (χ1v) is 10.5. The summed E-state index contributed by atoms with van der Waals surface area (Å²) < 4.78 is 0. The summed E-state index contributed by atoms with van der Waals surface area (Å²) in [6.45, 7) is 2.02. The second kappa shape index (κ2) is 9.14. The highest BCUT2D eigenvalue weighted by atomic mass is 16.2. The zero-order valence-corrected chi connectivity index (χ0v) is 17.9. The Balaban J connectivity index is 1.61. The molecule has 1 aliphatic heterocycles. The largest absolute Gasteiger partial charge is 0.355 e. The van der Waals surface area contributed by atoms with Crippen LogP contribution in [0.4, 0.5) is 0 Å². The zero-order valence-electron chi connectivity index (χ0n) is 17.9. The number of carbonyl (C=O) groups is 2. The number of nitrogens with zero attached hydrogens (tertiary/aromatic N) is 2. The molecule has 5 nitrogen and oxygen atoms in total. The molecule has 1 heterocycles. The van der Waals surface area contributed by atoms with Crippen molar-refractivity contribution in [2.24, 2.45) is 0 Å². The molecule has 5 heteroatoms. The van der Waals surface area contributed by atoms with Gasteiger partial charge in [-0.2, -0.15) is 0 Å². The third-order valence-electron chi connectivity index (χ3n) is 5.94. The van der Waals surface area contributed by atoms with E-state index in [-0.39, 0.29) is 17.9 Å². The van der Waals surface area contributed by atoms with E-state index in [1.54, 1.807) is 7.05 Å². The fraction of sp³-hybridized carbons (Fsp3) is 0.231. The number of rotatable bonds is 4. The van der Waals surface area contributed by atoms with Gasteiger partial charge in [-0.3, -0.25) is 14.5 Å². The molecular formula is C26H27N3O2. The topological polar surface area (TPSA) is 52.7 Å². The number of nitrogens with one attached hydrogen (secondary N) is 1. The highest BCUT2D eigenvalue weighted by Gasteiger charge is 2.30. The van der Waals surface area contributed by atoms with Gasteiger partial charge in [-0.05, 0) is 41.9 Å². The van der Waals surface area contributed by atoms with Crippen molar-refractivity contribution in [3.8, 4) is 11.1 Å². The number of hydrogen-bond donors (Lipinski definition) is 1. The minimum Gasteiger partial charge on any atom is -0.355 e. The molecule has 3 aromatic carbocycles. The number of likely N-dealkylation sites (N-methyl/N-ethyl adjacent to an activating group) is 1. The Hall–Kier alpha value is -3.44. The van der Waals surface area contributed by atoms with E-state index in [9.17, 15) is 9.59 Å². The Morgan fingerprint density at radius 1 is 0.903 bits per heavy atom. The number of carbonyl (C=O) groups excluding carboxylic acids is 2. The fourth-order valence-electron chi connectivity index (χ4n) is 4.16. The summed E-state index contributed by atoms with van der Waals surface area (Å²) in [5, 5.41) is 2.68. The lowest BCUT2D eigenvalue weighted by atomic mass is 9.97. The maximum Gasteiger partial charge on any atom is 0.254 e. The number of piperazine rings is 1. The molecule has 2 amide bonds. The van der Waals surface area contributed by atoms with Crippen LogP contribution in [0.3, 0.4) is 0 Å². The predicted molar refractivity (Wildman–Crippen MR) is 123 cm³/mol. The van der Waals surface area contributed by atoms with Crippen LogP contribution in [0, 0.1) is 0 Å². The van der Waals surface area contributed by atoms with Gasteiger partial charge in [0.1, 0.15) is 0 Å². The first kappa shape index (κ1) is 20.8. The third kappa shape index (κ3) is 4.37. The van der Waals surface area contributed by atoms with E-state index >= 15 is 0 Å². The smallest absolute Gasteiger partial charge is 0.254 e. The molecule has 0 spiro atoms. The van der Waals surface area contributed by atoms with Crippen LogP contribution in [0.15, 0.2) is 78.9 Å². The molecule has 1 N–H and O–H groups in total. The monoisotopic (exact) mass is 413 g/mol. The van der Waals surface area contributed by atoms with Gasteiger partial charge in [0.25, 0.3) is 11.8 Å². The molecule has 0 bridgehead atoms. The van der Waals surface area contributed by atoms with E-state index in [1.165, 1.54) is 0 Å². The van der Waals surface area contributed by atoms with Crippen LogP contribution in [-0.2, 0) is 0 Å². The molecule has 1 fully saturated rings. The van der Waals surface area contributed by atoms with Crippen molar-refractivity contribution in [3.63, 3.8) is 0 Å². The maximum atomic E-state index is 13.5. The lowest BCUT2D eigenvalue weighted by molar-refractivity contribution is 0.0546. The normalized spacial score (nSPS) is 16.7. The molecule has 0 radical (unpaired) electrons. The summed E-state index contributed by atoms with van der Waals surface area (Å²) in [5.41, 5.74) is 4.38. The molecule has 0 unspecified atom stereocenters. The van der Waals surface area contributed by atoms with Gasteiger partial charge in [0, 0.05) is 37.8 Å². The van der Waals surface area contributed by atoms with Crippen LogP contribution in [-0.4, -0.2) is 55.3 Å². The van der Waals surface area contributed by atoms with Crippen molar-refractivity contribution in [1.29, 1.82) is 0 Å². The van der Waals surface area contributed by atoms with Gasteiger partial charge in [-0.25, -0.2) is 0 Å². The predicted octanol–water partition coefficient (Wildman–Crippen LogP) is 3.84. The van der Waals surface area contributed by atoms with E-state index in [2.05, 4.69) is 17.3 Å². The first-order valence-electron chi connectivity index (χ1n) is 10.5. The quantitative estimate of drug-likeness (QED) is 0.707. The Labute approximate surface area is 183 Å². The number of amides is 2. The van der Waals surface area contributed by atoms with Gasteiger partial charge in [-0.15, -0.1) is 0 Å². The van der Waals surface area contributed by atoms with E-state index in [0.29, 0.717) is 18.7 Å². The van der Waals surface area contributed by atoms with Crippen molar-refractivity contribution in [3.05, 3.63) is 95.6 Å². The average molecular weight is 414 g/mol. The summed E-state index contributed by atoms with van der Waals surface area (Å²) in [4.78, 5) is 29.8. The molecule has 1 aliphatic rings. The third-order valence-corrected chi connectivity index (χ3v) is 5.94. The second-order valence-corrected chi connectivity index (χ2v) is 7.86. The molecular weight excluding hydrogens is 386 g/mol. The molecule has 0 aliphatic carbocycles. The van der Waals surface area contributed by atoms with E-state index in [4.69, 9.17) is 0 Å². The minimum absolute atomic E-state index is 0.0335. The molecule has 3 aromatic rings.